The van der Waals surface area contributed by atoms with Crippen molar-refractivity contribution in [1.29, 1.82) is 0 Å². The first-order chi connectivity index (χ1) is 9.06. The van der Waals surface area contributed by atoms with Crippen molar-refractivity contribution in [2.75, 3.05) is 13.1 Å². The fourth-order valence-electron chi connectivity index (χ4n) is 1.92. The molecule has 0 aliphatic heterocycles. The Morgan fingerprint density at radius 3 is 2.84 bits per heavy atom. The second-order valence-electron chi connectivity index (χ2n) is 4.90. The zero-order valence-electron chi connectivity index (χ0n) is 11.9. The molecule has 0 radical (unpaired) electrons. The molecule has 19 heavy (non-hydrogen) atoms. The molecule has 104 valence electrons. The number of hydrogen-bond donors (Lipinski definition) is 2. The fraction of sp³-hybridized carbons (Fsp3) is 0.467. The molecule has 0 aromatic carbocycles. The highest BCUT2D eigenvalue weighted by Crippen LogP contribution is 2.22. The smallest absolute Gasteiger partial charge is 0.234 e. The average Bonchev–Trinajstić information content (AvgIpc) is 2.38. The van der Waals surface area contributed by atoms with Crippen LogP contribution in [-0.4, -0.2) is 24.0 Å². The third-order valence-corrected chi connectivity index (χ3v) is 2.94. The number of carbonyl (C=O) groups is 1. The zero-order valence-corrected chi connectivity index (χ0v) is 11.9. The molecular weight excluding hydrogens is 238 g/mol. The molecule has 0 saturated carbocycles. The van der Waals surface area contributed by atoms with E-state index in [4.69, 9.17) is 0 Å². The molecule has 1 heterocycles. The second-order valence-corrected chi connectivity index (χ2v) is 4.90. The molecule has 1 aromatic rings. The summed E-state index contributed by atoms with van der Waals surface area (Å²) >= 11 is 0. The van der Waals surface area contributed by atoms with Gasteiger partial charge in [0.05, 0.1) is 18.3 Å². The molecule has 0 bridgehead atoms. The van der Waals surface area contributed by atoms with E-state index in [0.717, 1.165) is 11.3 Å². The van der Waals surface area contributed by atoms with Gasteiger partial charge < -0.3 is 5.32 Å². The first kappa shape index (κ1) is 15.4. The first-order valence-corrected chi connectivity index (χ1v) is 6.58. The van der Waals surface area contributed by atoms with Crippen LogP contribution in [0.15, 0.2) is 31.0 Å². The van der Waals surface area contributed by atoms with E-state index in [1.54, 1.807) is 12.3 Å². The van der Waals surface area contributed by atoms with Gasteiger partial charge in [0.2, 0.25) is 5.91 Å². The summed E-state index contributed by atoms with van der Waals surface area (Å²) in [5.41, 5.74) is 2.15. The highest BCUT2D eigenvalue weighted by molar-refractivity contribution is 5.78. The normalized spacial score (nSPS) is 12.2. The molecule has 0 aliphatic carbocycles. The molecule has 4 nitrogen and oxygen atoms in total. The zero-order chi connectivity index (χ0) is 14.3. The first-order valence-electron chi connectivity index (χ1n) is 6.58. The van der Waals surface area contributed by atoms with E-state index in [0.29, 0.717) is 12.5 Å². The lowest BCUT2D eigenvalue weighted by atomic mass is 9.97. The fourth-order valence-corrected chi connectivity index (χ4v) is 1.92. The van der Waals surface area contributed by atoms with Crippen LogP contribution in [0, 0.1) is 12.8 Å². The van der Waals surface area contributed by atoms with Gasteiger partial charge in [0.25, 0.3) is 0 Å². The van der Waals surface area contributed by atoms with Crippen molar-refractivity contribution >= 4 is 5.91 Å². The maximum Gasteiger partial charge on any atom is 0.234 e. The Bertz CT molecular complexity index is 429. The molecule has 2 N–H and O–H groups in total. The minimum atomic E-state index is -0.0286. The van der Waals surface area contributed by atoms with E-state index in [1.807, 2.05) is 19.1 Å². The van der Waals surface area contributed by atoms with Crippen molar-refractivity contribution in [2.45, 2.75) is 26.8 Å². The minimum Gasteiger partial charge on any atom is -0.352 e. The Kier molecular flexibility index (Phi) is 6.22. The lowest BCUT2D eigenvalue weighted by Crippen LogP contribution is -2.37. The van der Waals surface area contributed by atoms with Gasteiger partial charge in [-0.3, -0.25) is 15.1 Å². The third-order valence-electron chi connectivity index (χ3n) is 2.94. The van der Waals surface area contributed by atoms with Crippen molar-refractivity contribution in [3.05, 3.63) is 42.2 Å². The van der Waals surface area contributed by atoms with Gasteiger partial charge in [-0.15, -0.1) is 6.58 Å². The lowest BCUT2D eigenvalue weighted by Gasteiger charge is -2.23. The molecule has 4 heteroatoms. The largest absolute Gasteiger partial charge is 0.352 e. The van der Waals surface area contributed by atoms with Crippen LogP contribution in [0.3, 0.4) is 0 Å². The molecule has 1 aromatic heterocycles. The summed E-state index contributed by atoms with van der Waals surface area (Å²) < 4.78 is 0. The molecule has 1 rings (SSSR count). The minimum absolute atomic E-state index is 0.0286. The van der Waals surface area contributed by atoms with Crippen LogP contribution in [0.4, 0.5) is 0 Å². The molecule has 1 unspecified atom stereocenters. The van der Waals surface area contributed by atoms with Crippen LogP contribution < -0.4 is 10.6 Å². The Morgan fingerprint density at radius 1 is 1.53 bits per heavy atom. The van der Waals surface area contributed by atoms with Gasteiger partial charge in [-0.25, -0.2) is 0 Å². The predicted octanol–water partition coefficient (Wildman–Crippen LogP) is 1.98. The molecule has 0 aliphatic rings. The van der Waals surface area contributed by atoms with Crippen molar-refractivity contribution in [1.82, 2.24) is 15.6 Å². The predicted molar refractivity (Wildman–Crippen MR) is 77.8 cm³/mol. The summed E-state index contributed by atoms with van der Waals surface area (Å²) in [5.74, 6) is 0.333. The number of aromatic nitrogens is 1. The van der Waals surface area contributed by atoms with E-state index < -0.39 is 0 Å². The SMILES string of the molecule is C=CCNC(=O)CNC(c1ncccc1C)C(C)C. The Balaban J connectivity index is 2.67. The molecule has 0 fully saturated rings. The van der Waals surface area contributed by atoms with Crippen LogP contribution in [0.25, 0.3) is 0 Å². The average molecular weight is 261 g/mol. The maximum atomic E-state index is 11.6. The van der Waals surface area contributed by atoms with Gasteiger partial charge in [0.15, 0.2) is 0 Å². The van der Waals surface area contributed by atoms with Gasteiger partial charge in [-0.2, -0.15) is 0 Å². The number of amides is 1. The van der Waals surface area contributed by atoms with E-state index in [9.17, 15) is 4.79 Å². The maximum absolute atomic E-state index is 11.6. The van der Waals surface area contributed by atoms with Gasteiger partial charge >= 0.3 is 0 Å². The van der Waals surface area contributed by atoms with Gasteiger partial charge in [-0.05, 0) is 24.5 Å². The Labute approximate surface area is 115 Å². The lowest BCUT2D eigenvalue weighted by molar-refractivity contribution is -0.120. The monoisotopic (exact) mass is 261 g/mol. The summed E-state index contributed by atoms with van der Waals surface area (Å²) in [7, 11) is 0. The number of carbonyl (C=O) groups excluding carboxylic acids is 1. The highest BCUT2D eigenvalue weighted by atomic mass is 16.1. The van der Waals surface area contributed by atoms with Gasteiger partial charge in [0, 0.05) is 12.7 Å². The van der Waals surface area contributed by atoms with Gasteiger partial charge in [0.1, 0.15) is 0 Å². The number of nitrogens with one attached hydrogen (secondary N) is 2. The topological polar surface area (TPSA) is 54.0 Å². The van der Waals surface area contributed by atoms with E-state index in [2.05, 4.69) is 36.0 Å². The van der Waals surface area contributed by atoms with E-state index >= 15 is 0 Å². The molecular formula is C15H23N3O. The molecule has 1 amide bonds. The van der Waals surface area contributed by atoms with Crippen LogP contribution >= 0.6 is 0 Å². The third kappa shape index (κ3) is 4.83. The number of nitrogens with zero attached hydrogens (tertiary/aromatic N) is 1. The second kappa shape index (κ2) is 7.69. The standard InChI is InChI=1S/C15H23N3O/c1-5-8-16-13(19)10-18-14(11(2)3)15-12(4)7-6-9-17-15/h5-7,9,11,14,18H,1,8,10H2,2-4H3,(H,16,19). The highest BCUT2D eigenvalue weighted by Gasteiger charge is 2.19. The summed E-state index contributed by atoms with van der Waals surface area (Å²) in [6.07, 6.45) is 3.46. The summed E-state index contributed by atoms with van der Waals surface area (Å²) in [4.78, 5) is 16.0. The number of aryl methyl sites for hydroxylation is 1. The van der Waals surface area contributed by atoms with Crippen molar-refractivity contribution < 1.29 is 4.79 Å². The van der Waals surface area contributed by atoms with Crippen molar-refractivity contribution in [3.8, 4) is 0 Å². The van der Waals surface area contributed by atoms with Crippen molar-refractivity contribution in [2.24, 2.45) is 5.92 Å². The summed E-state index contributed by atoms with van der Waals surface area (Å²) in [5, 5.41) is 6.03. The van der Waals surface area contributed by atoms with Crippen LogP contribution in [-0.2, 0) is 4.79 Å². The number of rotatable bonds is 7. The van der Waals surface area contributed by atoms with Crippen LogP contribution in [0.5, 0.6) is 0 Å². The molecule has 0 saturated heterocycles. The van der Waals surface area contributed by atoms with E-state index in [1.165, 1.54) is 0 Å². The molecule has 1 atom stereocenters. The van der Waals surface area contributed by atoms with Gasteiger partial charge in [-0.1, -0.05) is 26.0 Å². The van der Waals surface area contributed by atoms with Crippen LogP contribution in [0.1, 0.15) is 31.1 Å². The molecule has 0 spiro atoms. The quantitative estimate of drug-likeness (QED) is 0.738. The Morgan fingerprint density at radius 2 is 2.26 bits per heavy atom. The Hall–Kier alpha value is -1.68. The van der Waals surface area contributed by atoms with Crippen molar-refractivity contribution in [3.63, 3.8) is 0 Å². The number of hydrogen-bond acceptors (Lipinski definition) is 3. The van der Waals surface area contributed by atoms with E-state index in [-0.39, 0.29) is 18.5 Å². The van der Waals surface area contributed by atoms with Crippen LogP contribution in [0.2, 0.25) is 0 Å². The number of pyridine rings is 1. The summed E-state index contributed by atoms with van der Waals surface area (Å²) in [6, 6.07) is 4.04. The summed E-state index contributed by atoms with van der Waals surface area (Å²) in [6.45, 7) is 10.6.